The van der Waals surface area contributed by atoms with Crippen molar-refractivity contribution in [2.45, 2.75) is 13.5 Å². The topological polar surface area (TPSA) is 29.9 Å². The Bertz CT molecular complexity index is 823. The van der Waals surface area contributed by atoms with Gasteiger partial charge in [-0.25, -0.2) is 4.98 Å². The van der Waals surface area contributed by atoms with Crippen LogP contribution in [0.3, 0.4) is 0 Å². The predicted octanol–water partition coefficient (Wildman–Crippen LogP) is 5.31. The normalized spacial score (nSPS) is 10.8. The molecule has 0 bridgehead atoms. The summed E-state index contributed by atoms with van der Waals surface area (Å²) in [4.78, 5) is 4.46. The monoisotopic (exact) mass is 345 g/mol. The molecule has 0 saturated heterocycles. The third-order valence-corrected chi connectivity index (χ3v) is 4.51. The van der Waals surface area contributed by atoms with Gasteiger partial charge >= 0.3 is 0 Å². The zero-order chi connectivity index (χ0) is 16.4. The van der Waals surface area contributed by atoms with Crippen molar-refractivity contribution in [3.05, 3.63) is 69.8 Å². The number of imidazole rings is 1. The van der Waals surface area contributed by atoms with E-state index in [1.165, 1.54) is 5.56 Å². The van der Waals surface area contributed by atoms with Crippen molar-refractivity contribution in [2.24, 2.45) is 7.05 Å². The van der Waals surface area contributed by atoms with Gasteiger partial charge in [0, 0.05) is 13.6 Å². The number of anilines is 1. The number of rotatable bonds is 4. The lowest BCUT2D eigenvalue weighted by atomic mass is 10.1. The molecule has 0 radical (unpaired) electrons. The summed E-state index contributed by atoms with van der Waals surface area (Å²) in [6.07, 6.45) is 1.88. The predicted molar refractivity (Wildman–Crippen MR) is 97.2 cm³/mol. The highest BCUT2D eigenvalue weighted by atomic mass is 35.5. The zero-order valence-corrected chi connectivity index (χ0v) is 14.5. The molecule has 0 amide bonds. The van der Waals surface area contributed by atoms with E-state index in [1.807, 2.05) is 29.9 Å². The molecule has 0 atom stereocenters. The van der Waals surface area contributed by atoms with Crippen LogP contribution in [-0.4, -0.2) is 9.55 Å². The van der Waals surface area contributed by atoms with Crippen molar-refractivity contribution >= 4 is 29.2 Å². The first kappa shape index (κ1) is 15.9. The molecular formula is C18H17Cl2N3. The first-order chi connectivity index (χ1) is 11.0. The first-order valence-corrected chi connectivity index (χ1v) is 8.07. The highest BCUT2D eigenvalue weighted by Crippen LogP contribution is 2.24. The fourth-order valence-corrected chi connectivity index (χ4v) is 2.72. The molecule has 1 aromatic heterocycles. The quantitative estimate of drug-likeness (QED) is 0.693. The van der Waals surface area contributed by atoms with Gasteiger partial charge in [-0.1, -0.05) is 59.1 Å². The molecule has 0 aliphatic carbocycles. The fourth-order valence-electron chi connectivity index (χ4n) is 2.40. The van der Waals surface area contributed by atoms with Crippen LogP contribution in [0, 0.1) is 6.92 Å². The minimum Gasteiger partial charge on any atom is -0.352 e. The highest BCUT2D eigenvalue weighted by molar-refractivity contribution is 6.42. The van der Waals surface area contributed by atoms with E-state index >= 15 is 0 Å². The Morgan fingerprint density at radius 2 is 1.78 bits per heavy atom. The summed E-state index contributed by atoms with van der Waals surface area (Å²) in [5.41, 5.74) is 4.52. The van der Waals surface area contributed by atoms with Gasteiger partial charge in [0.25, 0.3) is 0 Å². The van der Waals surface area contributed by atoms with Crippen LogP contribution in [0.15, 0.2) is 48.7 Å². The molecule has 1 heterocycles. The van der Waals surface area contributed by atoms with E-state index in [4.69, 9.17) is 23.2 Å². The van der Waals surface area contributed by atoms with E-state index in [9.17, 15) is 0 Å². The second-order valence-electron chi connectivity index (χ2n) is 5.49. The molecule has 3 rings (SSSR count). The lowest BCUT2D eigenvalue weighted by Crippen LogP contribution is -2.05. The van der Waals surface area contributed by atoms with Crippen LogP contribution in [-0.2, 0) is 13.6 Å². The van der Waals surface area contributed by atoms with Crippen LogP contribution < -0.4 is 5.32 Å². The number of benzene rings is 2. The Balaban J connectivity index is 1.76. The third kappa shape index (κ3) is 3.52. The average Bonchev–Trinajstić information content (AvgIpc) is 2.90. The Labute approximate surface area is 145 Å². The number of hydrogen-bond acceptors (Lipinski definition) is 2. The van der Waals surface area contributed by atoms with E-state index in [1.54, 1.807) is 6.07 Å². The van der Waals surface area contributed by atoms with Crippen LogP contribution in [0.4, 0.5) is 5.95 Å². The van der Waals surface area contributed by atoms with E-state index in [0.717, 1.165) is 22.8 Å². The van der Waals surface area contributed by atoms with Gasteiger partial charge in [0.05, 0.1) is 21.9 Å². The molecule has 0 aliphatic rings. The van der Waals surface area contributed by atoms with Gasteiger partial charge in [-0.15, -0.1) is 0 Å². The number of aryl methyl sites for hydroxylation is 1. The van der Waals surface area contributed by atoms with E-state index in [-0.39, 0.29) is 0 Å². The minimum atomic E-state index is 0.561. The molecule has 0 aliphatic heterocycles. The number of aromatic nitrogens is 2. The lowest BCUT2D eigenvalue weighted by molar-refractivity contribution is 0.907. The molecule has 0 fully saturated rings. The maximum absolute atomic E-state index is 6.04. The third-order valence-electron chi connectivity index (χ3n) is 3.77. The Morgan fingerprint density at radius 3 is 2.48 bits per heavy atom. The summed E-state index contributed by atoms with van der Waals surface area (Å²) >= 11 is 12.0. The van der Waals surface area contributed by atoms with Gasteiger partial charge in [0.1, 0.15) is 0 Å². The number of halogens is 2. The molecule has 23 heavy (non-hydrogen) atoms. The smallest absolute Gasteiger partial charge is 0.203 e. The Morgan fingerprint density at radius 1 is 1.04 bits per heavy atom. The highest BCUT2D eigenvalue weighted by Gasteiger charge is 2.08. The summed E-state index contributed by atoms with van der Waals surface area (Å²) < 4.78 is 2.04. The van der Waals surface area contributed by atoms with E-state index in [0.29, 0.717) is 16.6 Å². The first-order valence-electron chi connectivity index (χ1n) is 7.31. The van der Waals surface area contributed by atoms with Gasteiger partial charge in [-0.05, 0) is 30.2 Å². The van der Waals surface area contributed by atoms with Gasteiger partial charge in [0.2, 0.25) is 5.95 Å². The van der Waals surface area contributed by atoms with Crippen LogP contribution in [0.25, 0.3) is 11.3 Å². The van der Waals surface area contributed by atoms with Gasteiger partial charge in [0.15, 0.2) is 0 Å². The minimum absolute atomic E-state index is 0.561. The van der Waals surface area contributed by atoms with E-state index < -0.39 is 0 Å². The van der Waals surface area contributed by atoms with Crippen molar-refractivity contribution in [3.8, 4) is 11.3 Å². The van der Waals surface area contributed by atoms with Gasteiger partial charge < -0.3 is 9.88 Å². The standard InChI is InChI=1S/C18H17Cl2N3/c1-12-3-6-14(7-4-12)17-11-22-18(23(17)2)21-10-13-5-8-15(19)16(20)9-13/h3-9,11H,10H2,1-2H3,(H,21,22). The van der Waals surface area contributed by atoms with Crippen LogP contribution in [0.5, 0.6) is 0 Å². The Hall–Kier alpha value is -1.97. The largest absolute Gasteiger partial charge is 0.352 e. The molecule has 3 nitrogen and oxygen atoms in total. The SMILES string of the molecule is Cc1ccc(-c2cnc(NCc3ccc(Cl)c(Cl)c3)n2C)cc1. The van der Waals surface area contributed by atoms with Crippen molar-refractivity contribution in [3.63, 3.8) is 0 Å². The number of nitrogens with one attached hydrogen (secondary N) is 1. The fraction of sp³-hybridized carbons (Fsp3) is 0.167. The van der Waals surface area contributed by atoms with Crippen molar-refractivity contribution in [1.82, 2.24) is 9.55 Å². The number of hydrogen-bond donors (Lipinski definition) is 1. The van der Waals surface area contributed by atoms with E-state index in [2.05, 4.69) is 41.5 Å². The summed E-state index contributed by atoms with van der Waals surface area (Å²) in [5, 5.41) is 4.45. The zero-order valence-electron chi connectivity index (χ0n) is 13.0. The van der Waals surface area contributed by atoms with Gasteiger partial charge in [-0.3, -0.25) is 0 Å². The van der Waals surface area contributed by atoms with Crippen molar-refractivity contribution < 1.29 is 0 Å². The molecule has 2 aromatic carbocycles. The molecule has 118 valence electrons. The summed E-state index contributed by atoms with van der Waals surface area (Å²) in [6.45, 7) is 2.71. The molecule has 0 unspecified atom stereocenters. The maximum Gasteiger partial charge on any atom is 0.203 e. The molecule has 0 spiro atoms. The second-order valence-corrected chi connectivity index (χ2v) is 6.31. The lowest BCUT2D eigenvalue weighted by Gasteiger charge is -2.09. The summed E-state index contributed by atoms with van der Waals surface area (Å²) in [5.74, 6) is 0.812. The average molecular weight is 346 g/mol. The van der Waals surface area contributed by atoms with Crippen LogP contribution >= 0.6 is 23.2 Å². The number of nitrogens with zero attached hydrogens (tertiary/aromatic N) is 2. The summed E-state index contributed by atoms with van der Waals surface area (Å²) in [6, 6.07) is 14.0. The van der Waals surface area contributed by atoms with Crippen LogP contribution in [0.1, 0.15) is 11.1 Å². The van der Waals surface area contributed by atoms with Gasteiger partial charge in [-0.2, -0.15) is 0 Å². The van der Waals surface area contributed by atoms with Crippen LogP contribution in [0.2, 0.25) is 10.0 Å². The molecule has 1 N–H and O–H groups in total. The van der Waals surface area contributed by atoms with Crippen molar-refractivity contribution in [1.29, 1.82) is 0 Å². The van der Waals surface area contributed by atoms with Crippen molar-refractivity contribution in [2.75, 3.05) is 5.32 Å². The molecular weight excluding hydrogens is 329 g/mol. The molecule has 3 aromatic rings. The second kappa shape index (κ2) is 6.65. The molecule has 0 saturated carbocycles. The Kier molecular flexibility index (Phi) is 4.60. The summed E-state index contributed by atoms with van der Waals surface area (Å²) in [7, 11) is 2.00. The maximum atomic E-state index is 6.04. The molecule has 5 heteroatoms.